The second-order valence-corrected chi connectivity index (χ2v) is 5.90. The van der Waals surface area contributed by atoms with Crippen molar-refractivity contribution in [3.63, 3.8) is 0 Å². The highest BCUT2D eigenvalue weighted by Crippen LogP contribution is 2.50. The third-order valence-electron chi connectivity index (χ3n) is 4.45. The van der Waals surface area contributed by atoms with Crippen LogP contribution >= 0.6 is 0 Å². The minimum Gasteiger partial charge on any atom is -0.459 e. The van der Waals surface area contributed by atoms with Crippen LogP contribution in [0.4, 0.5) is 0 Å². The van der Waals surface area contributed by atoms with Crippen molar-refractivity contribution in [2.45, 2.75) is 58.8 Å². The molecule has 2 aliphatic heterocycles. The zero-order valence-corrected chi connectivity index (χ0v) is 10.8. The quantitative estimate of drug-likeness (QED) is 0.678. The Labute approximate surface area is 97.5 Å². The molecule has 0 radical (unpaired) electrons. The van der Waals surface area contributed by atoms with Gasteiger partial charge in [0, 0.05) is 12.8 Å². The molecule has 0 aromatic carbocycles. The Kier molecular flexibility index (Phi) is 2.77. The Bertz CT molecular complexity index is 296. The lowest BCUT2D eigenvalue weighted by molar-refractivity contribution is -0.161. The molecule has 2 rings (SSSR count). The van der Waals surface area contributed by atoms with E-state index < -0.39 is 5.60 Å². The Morgan fingerprint density at radius 2 is 1.94 bits per heavy atom. The number of hydrogen-bond donors (Lipinski definition) is 0. The van der Waals surface area contributed by atoms with E-state index in [1.807, 2.05) is 13.8 Å². The van der Waals surface area contributed by atoms with Crippen LogP contribution in [0.3, 0.4) is 0 Å². The van der Waals surface area contributed by atoms with E-state index in [1.165, 1.54) is 6.92 Å². The molecule has 3 nitrogen and oxygen atoms in total. The van der Waals surface area contributed by atoms with Gasteiger partial charge in [-0.3, -0.25) is 4.79 Å². The number of carbonyl (C=O) groups excluding carboxylic acids is 1. The Balaban J connectivity index is 2.11. The van der Waals surface area contributed by atoms with Crippen molar-refractivity contribution in [1.82, 2.24) is 0 Å². The molecule has 2 saturated heterocycles. The van der Waals surface area contributed by atoms with Crippen LogP contribution in [-0.2, 0) is 14.3 Å². The number of carbonyl (C=O) groups is 1. The second-order valence-electron chi connectivity index (χ2n) is 5.90. The van der Waals surface area contributed by atoms with Gasteiger partial charge in [-0.1, -0.05) is 13.8 Å². The third-order valence-corrected chi connectivity index (χ3v) is 4.45. The van der Waals surface area contributed by atoms with Crippen LogP contribution in [0.5, 0.6) is 0 Å². The maximum Gasteiger partial charge on any atom is 0.303 e. The fraction of sp³-hybridized carbons (Fsp3) is 0.923. The first-order chi connectivity index (χ1) is 7.33. The molecule has 0 aromatic heterocycles. The molecule has 0 N–H and O–H groups in total. The van der Waals surface area contributed by atoms with Gasteiger partial charge < -0.3 is 9.47 Å². The lowest BCUT2D eigenvalue weighted by Gasteiger charge is -2.38. The summed E-state index contributed by atoms with van der Waals surface area (Å²) < 4.78 is 11.4. The summed E-state index contributed by atoms with van der Waals surface area (Å²) >= 11 is 0. The van der Waals surface area contributed by atoms with Crippen LogP contribution in [0.2, 0.25) is 0 Å². The molecule has 0 amide bonds. The Morgan fingerprint density at radius 3 is 2.38 bits per heavy atom. The minimum atomic E-state index is -0.403. The molecular weight excluding hydrogens is 204 g/mol. The molecule has 2 aliphatic rings. The van der Waals surface area contributed by atoms with E-state index in [1.54, 1.807) is 0 Å². The number of ether oxygens (including phenoxy) is 2. The van der Waals surface area contributed by atoms with E-state index in [4.69, 9.17) is 9.47 Å². The standard InChI is InChI=1S/C13H22O3/c1-7-8(2)12-10(6-11(7)15-12)13(4,5)16-9(3)14/h7-8,10-12H,6H2,1-5H3. The average Bonchev–Trinajstić information content (AvgIpc) is 2.66. The largest absolute Gasteiger partial charge is 0.459 e. The highest BCUT2D eigenvalue weighted by atomic mass is 16.6. The second kappa shape index (κ2) is 3.73. The number of esters is 1. The van der Waals surface area contributed by atoms with E-state index >= 15 is 0 Å². The maximum atomic E-state index is 11.1. The molecule has 0 aromatic rings. The van der Waals surface area contributed by atoms with Gasteiger partial charge in [0.15, 0.2) is 0 Å². The fourth-order valence-corrected chi connectivity index (χ4v) is 3.33. The molecule has 16 heavy (non-hydrogen) atoms. The summed E-state index contributed by atoms with van der Waals surface area (Å²) in [5.41, 5.74) is -0.403. The molecule has 92 valence electrons. The van der Waals surface area contributed by atoms with Crippen LogP contribution in [0, 0.1) is 17.8 Å². The van der Waals surface area contributed by atoms with Gasteiger partial charge in [-0.15, -0.1) is 0 Å². The van der Waals surface area contributed by atoms with Crippen LogP contribution in [0.1, 0.15) is 41.0 Å². The minimum absolute atomic E-state index is 0.200. The lowest BCUT2D eigenvalue weighted by atomic mass is 9.70. The van der Waals surface area contributed by atoms with Crippen molar-refractivity contribution in [3.05, 3.63) is 0 Å². The van der Waals surface area contributed by atoms with Gasteiger partial charge in [0.1, 0.15) is 5.60 Å². The molecule has 2 bridgehead atoms. The maximum absolute atomic E-state index is 11.1. The first-order valence-corrected chi connectivity index (χ1v) is 6.18. The van der Waals surface area contributed by atoms with Crippen molar-refractivity contribution in [3.8, 4) is 0 Å². The van der Waals surface area contributed by atoms with Gasteiger partial charge in [0.05, 0.1) is 12.2 Å². The smallest absolute Gasteiger partial charge is 0.303 e. The fourth-order valence-electron chi connectivity index (χ4n) is 3.33. The van der Waals surface area contributed by atoms with Gasteiger partial charge in [0.25, 0.3) is 0 Å². The third kappa shape index (κ3) is 1.75. The SMILES string of the molecule is CC(=O)OC(C)(C)C1CC2OC1C(C)C2C. The molecule has 5 atom stereocenters. The van der Waals surface area contributed by atoms with Crippen molar-refractivity contribution < 1.29 is 14.3 Å². The molecule has 0 spiro atoms. The summed E-state index contributed by atoms with van der Waals surface area (Å²) in [6.07, 6.45) is 1.64. The van der Waals surface area contributed by atoms with Gasteiger partial charge in [-0.2, -0.15) is 0 Å². The summed E-state index contributed by atoms with van der Waals surface area (Å²) in [6, 6.07) is 0. The summed E-state index contributed by atoms with van der Waals surface area (Å²) in [5.74, 6) is 1.34. The van der Waals surface area contributed by atoms with Gasteiger partial charge in [0.2, 0.25) is 0 Å². The first kappa shape index (κ1) is 11.9. The van der Waals surface area contributed by atoms with Crippen LogP contribution in [-0.4, -0.2) is 23.8 Å². The zero-order chi connectivity index (χ0) is 12.1. The number of hydrogen-bond acceptors (Lipinski definition) is 3. The number of rotatable bonds is 2. The van der Waals surface area contributed by atoms with Gasteiger partial charge >= 0.3 is 5.97 Å². The predicted octanol–water partition coefficient (Wildman–Crippen LogP) is 2.39. The average molecular weight is 226 g/mol. The van der Waals surface area contributed by atoms with Crippen LogP contribution < -0.4 is 0 Å². The van der Waals surface area contributed by atoms with Gasteiger partial charge in [-0.25, -0.2) is 0 Å². The zero-order valence-electron chi connectivity index (χ0n) is 10.8. The van der Waals surface area contributed by atoms with E-state index in [-0.39, 0.29) is 12.1 Å². The highest BCUT2D eigenvalue weighted by Gasteiger charge is 2.55. The molecule has 5 unspecified atom stereocenters. The molecular formula is C13H22O3. The topological polar surface area (TPSA) is 35.5 Å². The van der Waals surface area contributed by atoms with Gasteiger partial charge in [-0.05, 0) is 32.1 Å². The Hall–Kier alpha value is -0.570. The molecule has 0 saturated carbocycles. The van der Waals surface area contributed by atoms with Crippen molar-refractivity contribution in [2.75, 3.05) is 0 Å². The highest BCUT2D eigenvalue weighted by molar-refractivity contribution is 5.66. The normalized spacial score (nSPS) is 42.4. The molecule has 3 heteroatoms. The van der Waals surface area contributed by atoms with E-state index in [0.717, 1.165) is 6.42 Å². The number of fused-ring (bicyclic) bond motifs is 2. The summed E-state index contributed by atoms with van der Waals surface area (Å²) in [5, 5.41) is 0. The van der Waals surface area contributed by atoms with Crippen molar-refractivity contribution in [1.29, 1.82) is 0 Å². The summed E-state index contributed by atoms with van der Waals surface area (Å²) in [6.45, 7) is 9.97. The lowest BCUT2D eigenvalue weighted by Crippen LogP contribution is -2.45. The molecule has 0 aliphatic carbocycles. The first-order valence-electron chi connectivity index (χ1n) is 6.18. The monoisotopic (exact) mass is 226 g/mol. The van der Waals surface area contributed by atoms with Crippen LogP contribution in [0.15, 0.2) is 0 Å². The van der Waals surface area contributed by atoms with E-state index in [0.29, 0.717) is 23.9 Å². The van der Waals surface area contributed by atoms with Crippen molar-refractivity contribution in [2.24, 2.45) is 17.8 Å². The van der Waals surface area contributed by atoms with Crippen molar-refractivity contribution >= 4 is 5.97 Å². The molecule has 2 heterocycles. The van der Waals surface area contributed by atoms with Crippen LogP contribution in [0.25, 0.3) is 0 Å². The van der Waals surface area contributed by atoms with E-state index in [9.17, 15) is 4.79 Å². The summed E-state index contributed by atoms with van der Waals surface area (Å²) in [7, 11) is 0. The van der Waals surface area contributed by atoms with E-state index in [2.05, 4.69) is 13.8 Å². The Morgan fingerprint density at radius 1 is 1.31 bits per heavy atom. The summed E-state index contributed by atoms with van der Waals surface area (Å²) in [4.78, 5) is 11.1. The predicted molar refractivity (Wildman–Crippen MR) is 60.9 cm³/mol. The molecule has 2 fully saturated rings.